The van der Waals surface area contributed by atoms with Gasteiger partial charge >= 0.3 is 0 Å². The third-order valence-corrected chi connectivity index (χ3v) is 3.58. The highest BCUT2D eigenvalue weighted by Gasteiger charge is 1.91. The zero-order valence-electron chi connectivity index (χ0n) is 15.2. The Balaban J connectivity index is 3.59. The molecule has 0 spiro atoms. The number of hydrogen-bond acceptors (Lipinski definition) is 2. The fourth-order valence-corrected chi connectivity index (χ4v) is 2.18. The molecule has 0 aromatic carbocycles. The van der Waals surface area contributed by atoms with Gasteiger partial charge in [-0.2, -0.15) is 0 Å². The van der Waals surface area contributed by atoms with Crippen molar-refractivity contribution in [2.45, 2.75) is 64.7 Å². The van der Waals surface area contributed by atoms with Gasteiger partial charge in [-0.05, 0) is 50.9 Å². The number of rotatable bonds is 15. The van der Waals surface area contributed by atoms with Crippen LogP contribution in [0, 0.1) is 5.92 Å². The van der Waals surface area contributed by atoms with Crippen LogP contribution < -0.4 is 5.73 Å². The molecule has 3 nitrogen and oxygen atoms in total. The summed E-state index contributed by atoms with van der Waals surface area (Å²) in [5, 5.41) is 8.70. The number of carbonyl (C=O) groups is 1. The molecular formula is C21H35NO2. The third kappa shape index (κ3) is 18.4. The molecule has 1 atom stereocenters. The highest BCUT2D eigenvalue weighted by molar-refractivity contribution is 5.73. The summed E-state index contributed by atoms with van der Waals surface area (Å²) in [7, 11) is 0. The summed E-state index contributed by atoms with van der Waals surface area (Å²) >= 11 is 0. The predicted octanol–water partition coefficient (Wildman–Crippen LogP) is 4.84. The van der Waals surface area contributed by atoms with Crippen molar-refractivity contribution in [2.24, 2.45) is 11.7 Å². The molecule has 0 heterocycles. The number of nitrogens with two attached hydrogens (primary N) is 1. The lowest BCUT2D eigenvalue weighted by Crippen LogP contribution is -2.09. The molecule has 0 radical (unpaired) electrons. The highest BCUT2D eigenvalue weighted by Crippen LogP contribution is 2.05. The molecule has 3 N–H and O–H groups in total. The average molecular weight is 334 g/mol. The number of amides is 1. The van der Waals surface area contributed by atoms with Crippen LogP contribution in [0.2, 0.25) is 0 Å². The summed E-state index contributed by atoms with van der Waals surface area (Å²) in [6.07, 6.45) is 25.9. The standard InChI is InChI=1S/C21H35NO2/c1-20(17-13-9-7-11-15-19-23)16-12-8-5-3-2-4-6-10-14-18-21(22)24/h3-6,12-13,16-17,20,23H,2,7-11,14-15,18-19H2,1H3,(H2,22,24). The Kier molecular flexibility index (Phi) is 16.5. The maximum absolute atomic E-state index is 10.6. The smallest absolute Gasteiger partial charge is 0.217 e. The summed E-state index contributed by atoms with van der Waals surface area (Å²) in [6.45, 7) is 2.50. The van der Waals surface area contributed by atoms with E-state index in [1.165, 1.54) is 0 Å². The van der Waals surface area contributed by atoms with Crippen LogP contribution in [0.1, 0.15) is 64.7 Å². The molecule has 136 valence electrons. The van der Waals surface area contributed by atoms with Crippen molar-refractivity contribution in [3.8, 4) is 0 Å². The minimum Gasteiger partial charge on any atom is -0.396 e. The van der Waals surface area contributed by atoms with Crippen LogP contribution in [0.4, 0.5) is 0 Å². The first-order chi connectivity index (χ1) is 11.7. The summed E-state index contributed by atoms with van der Waals surface area (Å²) in [5.74, 6) is 0.252. The van der Waals surface area contributed by atoms with Gasteiger partial charge in [-0.3, -0.25) is 4.79 Å². The number of primary amides is 1. The lowest BCUT2D eigenvalue weighted by molar-refractivity contribution is -0.118. The van der Waals surface area contributed by atoms with Gasteiger partial charge in [-0.15, -0.1) is 0 Å². The van der Waals surface area contributed by atoms with E-state index in [1.54, 1.807) is 0 Å². The lowest BCUT2D eigenvalue weighted by Gasteiger charge is -1.98. The van der Waals surface area contributed by atoms with Crippen molar-refractivity contribution >= 4 is 5.91 Å². The molecule has 0 aliphatic rings. The molecule has 1 unspecified atom stereocenters. The first kappa shape index (κ1) is 22.4. The van der Waals surface area contributed by atoms with Crippen LogP contribution in [0.15, 0.2) is 48.6 Å². The normalized spacial score (nSPS) is 13.8. The van der Waals surface area contributed by atoms with Crippen molar-refractivity contribution in [3.63, 3.8) is 0 Å². The van der Waals surface area contributed by atoms with Gasteiger partial charge in [0.15, 0.2) is 0 Å². The Hall–Kier alpha value is -1.61. The Morgan fingerprint density at radius 1 is 0.875 bits per heavy atom. The molecule has 0 aromatic heterocycles. The summed E-state index contributed by atoms with van der Waals surface area (Å²) in [6, 6.07) is 0. The third-order valence-electron chi connectivity index (χ3n) is 3.58. The number of carbonyl (C=O) groups excluding carboxylic acids is 1. The van der Waals surface area contributed by atoms with Gasteiger partial charge in [0.25, 0.3) is 0 Å². The van der Waals surface area contributed by atoms with Crippen LogP contribution in [-0.4, -0.2) is 17.6 Å². The topological polar surface area (TPSA) is 63.3 Å². The van der Waals surface area contributed by atoms with E-state index in [2.05, 4.69) is 55.5 Å². The van der Waals surface area contributed by atoms with E-state index < -0.39 is 0 Å². The van der Waals surface area contributed by atoms with Crippen LogP contribution in [0.3, 0.4) is 0 Å². The number of hydrogen-bond donors (Lipinski definition) is 2. The SMILES string of the molecule is CC(C=CCC=CCC=CCCCC(N)=O)C=CCCCCCO. The van der Waals surface area contributed by atoms with Gasteiger partial charge in [-0.25, -0.2) is 0 Å². The predicted molar refractivity (Wildman–Crippen MR) is 104 cm³/mol. The van der Waals surface area contributed by atoms with E-state index in [0.29, 0.717) is 18.9 Å². The van der Waals surface area contributed by atoms with E-state index in [1.807, 2.05) is 0 Å². The van der Waals surface area contributed by atoms with Crippen LogP contribution in [0.25, 0.3) is 0 Å². The Bertz CT molecular complexity index is 408. The van der Waals surface area contributed by atoms with Crippen molar-refractivity contribution < 1.29 is 9.90 Å². The second kappa shape index (κ2) is 17.7. The second-order valence-corrected chi connectivity index (χ2v) is 6.06. The molecule has 0 bridgehead atoms. The molecule has 0 aliphatic carbocycles. The zero-order chi connectivity index (χ0) is 17.9. The molecule has 1 amide bonds. The minimum atomic E-state index is -0.221. The van der Waals surface area contributed by atoms with E-state index in [4.69, 9.17) is 10.8 Å². The molecule has 0 saturated carbocycles. The van der Waals surface area contributed by atoms with Crippen molar-refractivity contribution in [1.82, 2.24) is 0 Å². The van der Waals surface area contributed by atoms with E-state index in [0.717, 1.165) is 51.4 Å². The average Bonchev–Trinajstić information content (AvgIpc) is 2.55. The van der Waals surface area contributed by atoms with Crippen molar-refractivity contribution in [1.29, 1.82) is 0 Å². The van der Waals surface area contributed by atoms with Gasteiger partial charge in [0.1, 0.15) is 0 Å². The maximum atomic E-state index is 10.6. The Labute approximate surface area is 148 Å². The van der Waals surface area contributed by atoms with Crippen LogP contribution in [0.5, 0.6) is 0 Å². The van der Waals surface area contributed by atoms with Crippen molar-refractivity contribution in [2.75, 3.05) is 6.61 Å². The zero-order valence-corrected chi connectivity index (χ0v) is 15.2. The monoisotopic (exact) mass is 333 g/mol. The van der Waals surface area contributed by atoms with Gasteiger partial charge in [0.2, 0.25) is 5.91 Å². The molecule has 24 heavy (non-hydrogen) atoms. The summed E-state index contributed by atoms with van der Waals surface area (Å²) < 4.78 is 0. The first-order valence-corrected chi connectivity index (χ1v) is 9.19. The number of allylic oxidation sites excluding steroid dienone is 8. The van der Waals surface area contributed by atoms with Crippen LogP contribution in [-0.2, 0) is 4.79 Å². The van der Waals surface area contributed by atoms with Crippen molar-refractivity contribution in [3.05, 3.63) is 48.6 Å². The highest BCUT2D eigenvalue weighted by atomic mass is 16.2. The fourth-order valence-electron chi connectivity index (χ4n) is 2.18. The molecule has 0 fully saturated rings. The lowest BCUT2D eigenvalue weighted by atomic mass is 10.1. The molecule has 0 saturated heterocycles. The largest absolute Gasteiger partial charge is 0.396 e. The molecular weight excluding hydrogens is 298 g/mol. The molecule has 0 rings (SSSR count). The quantitative estimate of drug-likeness (QED) is 0.333. The van der Waals surface area contributed by atoms with Gasteiger partial charge in [0, 0.05) is 13.0 Å². The molecule has 3 heteroatoms. The first-order valence-electron chi connectivity index (χ1n) is 9.19. The number of aliphatic hydroxyl groups is 1. The van der Waals surface area contributed by atoms with Gasteiger partial charge < -0.3 is 10.8 Å². The summed E-state index contributed by atoms with van der Waals surface area (Å²) in [4.78, 5) is 10.6. The number of aliphatic hydroxyl groups excluding tert-OH is 1. The van der Waals surface area contributed by atoms with Crippen LogP contribution >= 0.6 is 0 Å². The Morgan fingerprint density at radius 3 is 2.21 bits per heavy atom. The maximum Gasteiger partial charge on any atom is 0.217 e. The van der Waals surface area contributed by atoms with E-state index >= 15 is 0 Å². The van der Waals surface area contributed by atoms with Gasteiger partial charge in [-0.1, -0.05) is 62.0 Å². The second-order valence-electron chi connectivity index (χ2n) is 6.06. The van der Waals surface area contributed by atoms with E-state index in [-0.39, 0.29) is 5.91 Å². The minimum absolute atomic E-state index is 0.221. The van der Waals surface area contributed by atoms with Gasteiger partial charge in [0.05, 0.1) is 0 Å². The fraction of sp³-hybridized carbons (Fsp3) is 0.571. The molecule has 0 aromatic rings. The summed E-state index contributed by atoms with van der Waals surface area (Å²) in [5.41, 5.74) is 5.08. The van der Waals surface area contributed by atoms with E-state index in [9.17, 15) is 4.79 Å². The molecule has 0 aliphatic heterocycles. The Morgan fingerprint density at radius 2 is 1.50 bits per heavy atom. The number of unbranched alkanes of at least 4 members (excludes halogenated alkanes) is 4.